The molecule has 0 aliphatic rings. The van der Waals surface area contributed by atoms with Crippen LogP contribution >= 0.6 is 15.9 Å². The summed E-state index contributed by atoms with van der Waals surface area (Å²) in [7, 11) is -3.70. The summed E-state index contributed by atoms with van der Waals surface area (Å²) in [5, 5.41) is 9.03. The van der Waals surface area contributed by atoms with Gasteiger partial charge in [-0.2, -0.15) is 0 Å². The van der Waals surface area contributed by atoms with Crippen molar-refractivity contribution < 1.29 is 18.3 Å². The third-order valence-corrected chi connectivity index (χ3v) is 5.57. The molecule has 0 bridgehead atoms. The predicted molar refractivity (Wildman–Crippen MR) is 85.2 cm³/mol. The van der Waals surface area contributed by atoms with Crippen LogP contribution in [0.25, 0.3) is 0 Å². The van der Waals surface area contributed by atoms with Crippen LogP contribution < -0.4 is 4.72 Å². The van der Waals surface area contributed by atoms with E-state index in [4.69, 9.17) is 5.11 Å². The average Bonchev–Trinajstić information content (AvgIpc) is 2.40. The van der Waals surface area contributed by atoms with E-state index in [0.717, 1.165) is 25.7 Å². The molecule has 0 amide bonds. The summed E-state index contributed by atoms with van der Waals surface area (Å²) in [5.74, 6) is -1.16. The van der Waals surface area contributed by atoms with Crippen molar-refractivity contribution in [1.82, 2.24) is 4.72 Å². The van der Waals surface area contributed by atoms with Gasteiger partial charge in [-0.15, -0.1) is 0 Å². The van der Waals surface area contributed by atoms with Gasteiger partial charge >= 0.3 is 5.97 Å². The molecule has 0 aliphatic heterocycles. The number of hydrogen-bond donors (Lipinski definition) is 2. The van der Waals surface area contributed by atoms with Gasteiger partial charge in [0.25, 0.3) is 0 Å². The number of carbonyl (C=O) groups is 1. The first-order chi connectivity index (χ1) is 9.79. The van der Waals surface area contributed by atoms with Crippen molar-refractivity contribution in [2.75, 3.05) is 6.54 Å². The van der Waals surface area contributed by atoms with E-state index in [1.807, 2.05) is 0 Å². The van der Waals surface area contributed by atoms with Crippen molar-refractivity contribution in [2.45, 2.75) is 44.4 Å². The van der Waals surface area contributed by atoms with Crippen molar-refractivity contribution in [3.05, 3.63) is 27.7 Å². The molecule has 7 heteroatoms. The summed E-state index contributed by atoms with van der Waals surface area (Å²) in [6.45, 7) is 4.08. The molecular formula is C14H20BrNO4S. The highest BCUT2D eigenvalue weighted by Crippen LogP contribution is 2.25. The van der Waals surface area contributed by atoms with E-state index in [0.29, 0.717) is 16.6 Å². The van der Waals surface area contributed by atoms with E-state index in [1.54, 1.807) is 6.92 Å². The molecule has 0 fully saturated rings. The molecule has 1 rings (SSSR count). The molecule has 0 heterocycles. The number of nitrogens with one attached hydrogen (secondary N) is 1. The van der Waals surface area contributed by atoms with Crippen LogP contribution in [0.2, 0.25) is 0 Å². The second-order valence-corrected chi connectivity index (χ2v) is 7.43. The third-order valence-electron chi connectivity index (χ3n) is 3.16. The predicted octanol–water partition coefficient (Wildman–Crippen LogP) is 3.31. The molecule has 5 nitrogen and oxygen atoms in total. The summed E-state index contributed by atoms with van der Waals surface area (Å²) in [6, 6.07) is 2.59. The lowest BCUT2D eigenvalue weighted by Crippen LogP contribution is -2.26. The van der Waals surface area contributed by atoms with E-state index in [-0.39, 0.29) is 10.5 Å². The topological polar surface area (TPSA) is 83.5 Å². The monoisotopic (exact) mass is 377 g/mol. The first-order valence-electron chi connectivity index (χ1n) is 6.82. The Morgan fingerprint density at radius 3 is 2.52 bits per heavy atom. The highest BCUT2D eigenvalue weighted by atomic mass is 79.9. The zero-order valence-electron chi connectivity index (χ0n) is 12.1. The van der Waals surface area contributed by atoms with Gasteiger partial charge in [-0.05, 0) is 31.0 Å². The van der Waals surface area contributed by atoms with E-state index < -0.39 is 16.0 Å². The Morgan fingerprint density at radius 1 is 1.29 bits per heavy atom. The van der Waals surface area contributed by atoms with Gasteiger partial charge in [0.2, 0.25) is 10.0 Å². The number of carboxylic acid groups (broad SMARTS) is 1. The fourth-order valence-electron chi connectivity index (χ4n) is 1.89. The molecule has 21 heavy (non-hydrogen) atoms. The van der Waals surface area contributed by atoms with Gasteiger partial charge in [0.15, 0.2) is 0 Å². The molecule has 0 aliphatic carbocycles. The molecule has 0 unspecified atom stereocenters. The first-order valence-corrected chi connectivity index (χ1v) is 9.10. The number of rotatable bonds is 8. The Balaban J connectivity index is 2.94. The zero-order chi connectivity index (χ0) is 16.0. The fraction of sp³-hybridized carbons (Fsp3) is 0.500. The maximum Gasteiger partial charge on any atom is 0.335 e. The molecule has 0 aromatic heterocycles. The number of sulfonamides is 1. The Hall–Kier alpha value is -0.920. The van der Waals surface area contributed by atoms with E-state index in [9.17, 15) is 13.2 Å². The SMILES string of the molecule is CCCCCCNS(=O)(=O)c1cc(C(=O)O)cc(Br)c1C. The molecule has 0 saturated heterocycles. The Kier molecular flexibility index (Phi) is 6.83. The van der Waals surface area contributed by atoms with E-state index in [2.05, 4.69) is 27.6 Å². The standard InChI is InChI=1S/C14H20BrNO4S/c1-3-4-5-6-7-16-21(19,20)13-9-11(14(17)18)8-12(15)10(13)2/h8-9,16H,3-7H2,1-2H3,(H,17,18). The number of hydrogen-bond acceptors (Lipinski definition) is 3. The van der Waals surface area contributed by atoms with E-state index >= 15 is 0 Å². The summed E-state index contributed by atoms with van der Waals surface area (Å²) < 4.78 is 27.6. The van der Waals surface area contributed by atoms with Crippen LogP contribution in [0.3, 0.4) is 0 Å². The fourth-order valence-corrected chi connectivity index (χ4v) is 3.85. The number of carboxylic acids is 1. The minimum Gasteiger partial charge on any atom is -0.478 e. The molecule has 1 aromatic rings. The summed E-state index contributed by atoms with van der Waals surface area (Å²) in [6.07, 6.45) is 3.89. The second kappa shape index (κ2) is 7.91. The minimum atomic E-state index is -3.70. The largest absolute Gasteiger partial charge is 0.478 e. The number of halogens is 1. The Bertz CT molecular complexity index is 614. The molecule has 0 atom stereocenters. The van der Waals surface area contributed by atoms with Crippen LogP contribution in [0, 0.1) is 6.92 Å². The highest BCUT2D eigenvalue weighted by Gasteiger charge is 2.20. The van der Waals surface area contributed by atoms with Crippen LogP contribution in [-0.2, 0) is 10.0 Å². The highest BCUT2D eigenvalue weighted by molar-refractivity contribution is 9.10. The van der Waals surface area contributed by atoms with E-state index in [1.165, 1.54) is 12.1 Å². The average molecular weight is 378 g/mol. The number of aromatic carboxylic acids is 1. The number of benzene rings is 1. The molecule has 118 valence electrons. The Labute approximate surface area is 133 Å². The van der Waals surface area contributed by atoms with Crippen molar-refractivity contribution in [2.24, 2.45) is 0 Å². The van der Waals surface area contributed by atoms with Crippen LogP contribution in [-0.4, -0.2) is 26.0 Å². The van der Waals surface area contributed by atoms with Crippen LogP contribution in [0.5, 0.6) is 0 Å². The van der Waals surface area contributed by atoms with Crippen molar-refractivity contribution in [3.63, 3.8) is 0 Å². The summed E-state index contributed by atoms with van der Waals surface area (Å²) >= 11 is 3.20. The lowest BCUT2D eigenvalue weighted by atomic mass is 10.1. The summed E-state index contributed by atoms with van der Waals surface area (Å²) in [4.78, 5) is 11.0. The maximum absolute atomic E-state index is 12.3. The lowest BCUT2D eigenvalue weighted by molar-refractivity contribution is 0.0696. The molecular weight excluding hydrogens is 358 g/mol. The molecule has 0 spiro atoms. The van der Waals surface area contributed by atoms with Gasteiger partial charge in [-0.1, -0.05) is 42.1 Å². The smallest absolute Gasteiger partial charge is 0.335 e. The lowest BCUT2D eigenvalue weighted by Gasteiger charge is -2.11. The van der Waals surface area contributed by atoms with Gasteiger partial charge in [0.05, 0.1) is 10.5 Å². The van der Waals surface area contributed by atoms with Gasteiger partial charge in [-0.3, -0.25) is 0 Å². The van der Waals surface area contributed by atoms with Gasteiger partial charge < -0.3 is 5.11 Å². The van der Waals surface area contributed by atoms with Crippen molar-refractivity contribution in [3.8, 4) is 0 Å². The second-order valence-electron chi connectivity index (χ2n) is 4.84. The van der Waals surface area contributed by atoms with Crippen LogP contribution in [0.4, 0.5) is 0 Å². The van der Waals surface area contributed by atoms with Gasteiger partial charge in [0.1, 0.15) is 0 Å². The summed E-state index contributed by atoms with van der Waals surface area (Å²) in [5.41, 5.74) is 0.444. The first kappa shape index (κ1) is 18.1. The molecule has 2 N–H and O–H groups in total. The zero-order valence-corrected chi connectivity index (χ0v) is 14.6. The normalized spacial score (nSPS) is 11.6. The molecule has 0 saturated carbocycles. The van der Waals surface area contributed by atoms with Gasteiger partial charge in [0, 0.05) is 11.0 Å². The van der Waals surface area contributed by atoms with Crippen molar-refractivity contribution >= 4 is 31.9 Å². The molecule has 0 radical (unpaired) electrons. The van der Waals surface area contributed by atoms with Crippen molar-refractivity contribution in [1.29, 1.82) is 0 Å². The van der Waals surface area contributed by atoms with Gasteiger partial charge in [-0.25, -0.2) is 17.9 Å². The minimum absolute atomic E-state index is 0.00441. The molecule has 1 aromatic carbocycles. The van der Waals surface area contributed by atoms with Crippen LogP contribution in [0.1, 0.15) is 48.5 Å². The maximum atomic E-state index is 12.3. The quantitative estimate of drug-likeness (QED) is 0.680. The number of unbranched alkanes of at least 4 members (excludes halogenated alkanes) is 3. The third kappa shape index (κ3) is 5.09. The Morgan fingerprint density at radius 2 is 1.95 bits per heavy atom. The van der Waals surface area contributed by atoms with Crippen LogP contribution in [0.15, 0.2) is 21.5 Å².